The van der Waals surface area contributed by atoms with Gasteiger partial charge >= 0.3 is 0 Å². The zero-order valence-electron chi connectivity index (χ0n) is 12.3. The number of ether oxygens (including phenoxy) is 1. The Bertz CT molecular complexity index is 358. The van der Waals surface area contributed by atoms with Crippen LogP contribution in [0.3, 0.4) is 0 Å². The van der Waals surface area contributed by atoms with Crippen LogP contribution in [0.25, 0.3) is 0 Å². The largest absolute Gasteiger partial charge is 0.492 e. The molecule has 1 aromatic heterocycles. The van der Waals surface area contributed by atoms with E-state index in [4.69, 9.17) is 4.74 Å². The predicted octanol–water partition coefficient (Wildman–Crippen LogP) is 3.05. The first-order valence-corrected chi connectivity index (χ1v) is 6.72. The van der Waals surface area contributed by atoms with Crippen molar-refractivity contribution in [1.29, 1.82) is 0 Å². The van der Waals surface area contributed by atoms with Crippen LogP contribution in [-0.4, -0.2) is 23.7 Å². The van der Waals surface area contributed by atoms with E-state index in [0.717, 1.165) is 18.7 Å². The second-order valence-corrected chi connectivity index (χ2v) is 5.90. The molecule has 1 atom stereocenters. The van der Waals surface area contributed by atoms with E-state index in [-0.39, 0.29) is 5.54 Å². The second-order valence-electron chi connectivity index (χ2n) is 5.90. The molecule has 0 saturated heterocycles. The SMILES string of the molecule is CCOc1cncc(CC(C)CNC(C)(C)C)c1. The first-order valence-electron chi connectivity index (χ1n) is 6.72. The summed E-state index contributed by atoms with van der Waals surface area (Å²) in [5.74, 6) is 1.45. The lowest BCUT2D eigenvalue weighted by Crippen LogP contribution is -2.39. The third kappa shape index (κ3) is 6.01. The Balaban J connectivity index is 2.48. The maximum absolute atomic E-state index is 5.46. The van der Waals surface area contributed by atoms with E-state index < -0.39 is 0 Å². The van der Waals surface area contributed by atoms with Crippen molar-refractivity contribution in [3.8, 4) is 5.75 Å². The van der Waals surface area contributed by atoms with Crippen molar-refractivity contribution in [2.75, 3.05) is 13.2 Å². The number of pyridine rings is 1. The molecule has 0 bridgehead atoms. The molecule has 0 radical (unpaired) electrons. The standard InChI is InChI=1S/C15H26N2O/c1-6-18-14-8-13(10-16-11-14)7-12(2)9-17-15(3,4)5/h8,10-12,17H,6-7,9H2,1-5H3. The van der Waals surface area contributed by atoms with Crippen molar-refractivity contribution in [1.82, 2.24) is 10.3 Å². The molecule has 0 saturated carbocycles. The highest BCUT2D eigenvalue weighted by Crippen LogP contribution is 2.15. The van der Waals surface area contributed by atoms with E-state index in [9.17, 15) is 0 Å². The molecular weight excluding hydrogens is 224 g/mol. The minimum Gasteiger partial charge on any atom is -0.492 e. The van der Waals surface area contributed by atoms with Crippen LogP contribution in [0.2, 0.25) is 0 Å². The summed E-state index contributed by atoms with van der Waals surface area (Å²) in [7, 11) is 0. The van der Waals surface area contributed by atoms with Crippen LogP contribution < -0.4 is 10.1 Å². The Labute approximate surface area is 111 Å². The van der Waals surface area contributed by atoms with Gasteiger partial charge in [0.25, 0.3) is 0 Å². The molecule has 0 aliphatic heterocycles. The van der Waals surface area contributed by atoms with Gasteiger partial charge in [-0.05, 0) is 58.2 Å². The van der Waals surface area contributed by atoms with Crippen molar-refractivity contribution in [3.63, 3.8) is 0 Å². The van der Waals surface area contributed by atoms with Crippen molar-refractivity contribution in [2.24, 2.45) is 5.92 Å². The molecule has 0 aromatic carbocycles. The Morgan fingerprint density at radius 1 is 1.33 bits per heavy atom. The van der Waals surface area contributed by atoms with Gasteiger partial charge in [-0.1, -0.05) is 6.92 Å². The Kier molecular flexibility index (Phi) is 5.60. The van der Waals surface area contributed by atoms with E-state index >= 15 is 0 Å². The number of nitrogens with one attached hydrogen (secondary N) is 1. The van der Waals surface area contributed by atoms with Crippen LogP contribution in [-0.2, 0) is 6.42 Å². The van der Waals surface area contributed by atoms with Gasteiger partial charge in [0, 0.05) is 11.7 Å². The van der Waals surface area contributed by atoms with Gasteiger partial charge in [0.15, 0.2) is 0 Å². The van der Waals surface area contributed by atoms with Crippen LogP contribution in [0.15, 0.2) is 18.5 Å². The number of rotatable bonds is 6. The summed E-state index contributed by atoms with van der Waals surface area (Å²) in [6.45, 7) is 12.5. The van der Waals surface area contributed by atoms with E-state index in [1.54, 1.807) is 6.20 Å². The first kappa shape index (κ1) is 15.0. The third-order valence-corrected chi connectivity index (χ3v) is 2.65. The highest BCUT2D eigenvalue weighted by Gasteiger charge is 2.11. The van der Waals surface area contributed by atoms with E-state index in [1.807, 2.05) is 13.1 Å². The second kappa shape index (κ2) is 6.74. The molecule has 3 nitrogen and oxygen atoms in total. The summed E-state index contributed by atoms with van der Waals surface area (Å²) in [6.07, 6.45) is 4.72. The third-order valence-electron chi connectivity index (χ3n) is 2.65. The van der Waals surface area contributed by atoms with Crippen LogP contribution in [0.1, 0.15) is 40.2 Å². The topological polar surface area (TPSA) is 34.1 Å². The monoisotopic (exact) mass is 250 g/mol. The van der Waals surface area contributed by atoms with Gasteiger partial charge in [0.2, 0.25) is 0 Å². The van der Waals surface area contributed by atoms with Crippen molar-refractivity contribution in [2.45, 2.75) is 46.6 Å². The summed E-state index contributed by atoms with van der Waals surface area (Å²) >= 11 is 0. The molecule has 1 rings (SSSR count). The number of aromatic nitrogens is 1. The molecule has 102 valence electrons. The summed E-state index contributed by atoms with van der Waals surface area (Å²) in [4.78, 5) is 4.22. The van der Waals surface area contributed by atoms with Gasteiger partial charge in [-0.15, -0.1) is 0 Å². The molecule has 1 unspecified atom stereocenters. The quantitative estimate of drug-likeness (QED) is 0.842. The average Bonchev–Trinajstić information content (AvgIpc) is 2.26. The van der Waals surface area contributed by atoms with Crippen LogP contribution in [0.5, 0.6) is 5.75 Å². The predicted molar refractivity (Wildman–Crippen MR) is 76.0 cm³/mol. The molecule has 0 fully saturated rings. The van der Waals surface area contributed by atoms with Crippen LogP contribution in [0.4, 0.5) is 0 Å². The summed E-state index contributed by atoms with van der Waals surface area (Å²) in [6, 6.07) is 2.09. The first-order chi connectivity index (χ1) is 8.40. The van der Waals surface area contributed by atoms with E-state index in [1.165, 1.54) is 5.56 Å². The van der Waals surface area contributed by atoms with Gasteiger partial charge in [-0.25, -0.2) is 0 Å². The summed E-state index contributed by atoms with van der Waals surface area (Å²) in [5, 5.41) is 3.53. The van der Waals surface area contributed by atoms with Gasteiger partial charge in [-0.2, -0.15) is 0 Å². The van der Waals surface area contributed by atoms with Gasteiger partial charge < -0.3 is 10.1 Å². The summed E-state index contributed by atoms with van der Waals surface area (Å²) in [5.41, 5.74) is 1.42. The highest BCUT2D eigenvalue weighted by molar-refractivity contribution is 5.23. The normalized spacial score (nSPS) is 13.4. The Hall–Kier alpha value is -1.09. The van der Waals surface area contributed by atoms with Crippen LogP contribution >= 0.6 is 0 Å². The molecule has 1 N–H and O–H groups in total. The molecular formula is C15H26N2O. The smallest absolute Gasteiger partial charge is 0.137 e. The fourth-order valence-electron chi connectivity index (χ4n) is 1.78. The molecule has 0 aliphatic rings. The number of hydrogen-bond donors (Lipinski definition) is 1. The molecule has 0 amide bonds. The molecule has 0 aliphatic carbocycles. The molecule has 0 spiro atoms. The van der Waals surface area contributed by atoms with E-state index in [2.05, 4.69) is 44.1 Å². The Morgan fingerprint density at radius 3 is 2.67 bits per heavy atom. The highest BCUT2D eigenvalue weighted by atomic mass is 16.5. The maximum atomic E-state index is 5.46. The minimum absolute atomic E-state index is 0.180. The average molecular weight is 250 g/mol. The van der Waals surface area contributed by atoms with Gasteiger partial charge in [0.1, 0.15) is 5.75 Å². The summed E-state index contributed by atoms with van der Waals surface area (Å²) < 4.78 is 5.46. The van der Waals surface area contributed by atoms with Crippen molar-refractivity contribution in [3.05, 3.63) is 24.0 Å². The molecule has 1 heterocycles. The van der Waals surface area contributed by atoms with E-state index in [0.29, 0.717) is 12.5 Å². The van der Waals surface area contributed by atoms with Crippen LogP contribution in [0, 0.1) is 5.92 Å². The van der Waals surface area contributed by atoms with Crippen molar-refractivity contribution >= 4 is 0 Å². The zero-order chi connectivity index (χ0) is 13.6. The lowest BCUT2D eigenvalue weighted by molar-refractivity contribution is 0.338. The van der Waals surface area contributed by atoms with Gasteiger partial charge in [-0.3, -0.25) is 4.98 Å². The lowest BCUT2D eigenvalue weighted by Gasteiger charge is -2.23. The minimum atomic E-state index is 0.180. The molecule has 1 aromatic rings. The Morgan fingerprint density at radius 2 is 2.06 bits per heavy atom. The molecule has 3 heteroatoms. The fraction of sp³-hybridized carbons (Fsp3) is 0.667. The zero-order valence-corrected chi connectivity index (χ0v) is 12.3. The number of hydrogen-bond acceptors (Lipinski definition) is 3. The van der Waals surface area contributed by atoms with Gasteiger partial charge in [0.05, 0.1) is 12.8 Å². The maximum Gasteiger partial charge on any atom is 0.137 e. The molecule has 18 heavy (non-hydrogen) atoms. The fourth-order valence-corrected chi connectivity index (χ4v) is 1.78. The van der Waals surface area contributed by atoms with Crippen molar-refractivity contribution < 1.29 is 4.74 Å². The number of nitrogens with zero attached hydrogens (tertiary/aromatic N) is 1. The lowest BCUT2D eigenvalue weighted by atomic mass is 10.0.